The van der Waals surface area contributed by atoms with Gasteiger partial charge >= 0.3 is 5.97 Å². The van der Waals surface area contributed by atoms with Crippen LogP contribution in [-0.4, -0.2) is 32.3 Å². The summed E-state index contributed by atoms with van der Waals surface area (Å²) in [4.78, 5) is 11.3. The Bertz CT molecular complexity index is 922. The third kappa shape index (κ3) is 3.86. The maximum absolute atomic E-state index is 12.1. The lowest BCUT2D eigenvalue weighted by Crippen LogP contribution is -2.28. The fourth-order valence-corrected chi connectivity index (χ4v) is 3.27. The van der Waals surface area contributed by atoms with Gasteiger partial charge in [-0.3, -0.25) is 4.79 Å². The van der Waals surface area contributed by atoms with Crippen LogP contribution in [0.5, 0.6) is 11.5 Å². The van der Waals surface area contributed by atoms with Gasteiger partial charge < -0.3 is 14.3 Å². The van der Waals surface area contributed by atoms with Crippen molar-refractivity contribution in [2.75, 3.05) is 17.1 Å². The number of furan rings is 1. The van der Waals surface area contributed by atoms with Crippen molar-refractivity contribution in [3.63, 3.8) is 0 Å². The van der Waals surface area contributed by atoms with Crippen molar-refractivity contribution in [1.29, 1.82) is 0 Å². The van der Waals surface area contributed by atoms with Crippen LogP contribution >= 0.6 is 23.2 Å². The number of sulfonamides is 1. The Labute approximate surface area is 154 Å². The number of ether oxygens (including phenoxy) is 1. The van der Waals surface area contributed by atoms with E-state index in [9.17, 15) is 18.3 Å². The van der Waals surface area contributed by atoms with E-state index >= 15 is 0 Å². The van der Waals surface area contributed by atoms with Gasteiger partial charge in [0.1, 0.15) is 0 Å². The number of carbonyl (C=O) groups excluding carboxylic acids is 1. The van der Waals surface area contributed by atoms with Crippen molar-refractivity contribution < 1.29 is 27.5 Å². The van der Waals surface area contributed by atoms with E-state index in [4.69, 9.17) is 32.4 Å². The number of nitrogens with zero attached hydrogens (tertiary/aromatic N) is 1. The minimum absolute atomic E-state index is 0.147. The first-order valence-electron chi connectivity index (χ1n) is 7.04. The second kappa shape index (κ2) is 7.15. The molecule has 0 spiro atoms. The standard InChI is InChI=1S/C15H15Cl2NO6S/c1-4-25(21,22)18(3)15-14(23-8(2)19)12(20)13(24-15)10-6-5-9(16)7-11(10)17/h5-7,20H,4H2,1-3H3. The molecule has 136 valence electrons. The summed E-state index contributed by atoms with van der Waals surface area (Å²) in [5.41, 5.74) is 0.255. The van der Waals surface area contributed by atoms with E-state index in [1.165, 1.54) is 32.2 Å². The topological polar surface area (TPSA) is 97.1 Å². The third-order valence-electron chi connectivity index (χ3n) is 3.31. The zero-order chi connectivity index (χ0) is 18.9. The molecule has 10 heteroatoms. The number of benzene rings is 1. The molecule has 0 saturated heterocycles. The molecule has 1 aromatic heterocycles. The molecule has 0 unspecified atom stereocenters. The molecule has 1 N–H and O–H groups in total. The summed E-state index contributed by atoms with van der Waals surface area (Å²) in [5.74, 6) is -2.42. The lowest BCUT2D eigenvalue weighted by Gasteiger charge is -2.16. The van der Waals surface area contributed by atoms with Crippen molar-refractivity contribution in [3.05, 3.63) is 28.2 Å². The van der Waals surface area contributed by atoms with Crippen LogP contribution in [0.3, 0.4) is 0 Å². The molecule has 2 rings (SSSR count). The molecule has 0 amide bonds. The molecular formula is C15H15Cl2NO6S. The summed E-state index contributed by atoms with van der Waals surface area (Å²) >= 11 is 11.9. The van der Waals surface area contributed by atoms with Gasteiger partial charge in [-0.25, -0.2) is 12.7 Å². The monoisotopic (exact) mass is 407 g/mol. The predicted octanol–water partition coefficient (Wildman–Crippen LogP) is 3.67. The summed E-state index contributed by atoms with van der Waals surface area (Å²) in [6.45, 7) is 2.55. The van der Waals surface area contributed by atoms with Crippen molar-refractivity contribution in [2.24, 2.45) is 0 Å². The maximum Gasteiger partial charge on any atom is 0.308 e. The molecule has 25 heavy (non-hydrogen) atoms. The largest absolute Gasteiger partial charge is 0.502 e. The Balaban J connectivity index is 2.70. The van der Waals surface area contributed by atoms with Crippen molar-refractivity contribution in [3.8, 4) is 22.8 Å². The summed E-state index contributed by atoms with van der Waals surface area (Å²) in [6, 6.07) is 4.43. The first-order valence-corrected chi connectivity index (χ1v) is 9.41. The van der Waals surface area contributed by atoms with Crippen LogP contribution in [-0.2, 0) is 14.8 Å². The van der Waals surface area contributed by atoms with Crippen LogP contribution in [0.4, 0.5) is 5.88 Å². The fourth-order valence-electron chi connectivity index (χ4n) is 2.01. The van der Waals surface area contributed by atoms with E-state index < -0.39 is 27.5 Å². The molecule has 0 radical (unpaired) electrons. The van der Waals surface area contributed by atoms with Crippen LogP contribution in [0.25, 0.3) is 11.3 Å². The van der Waals surface area contributed by atoms with Gasteiger partial charge in [0.05, 0.1) is 10.8 Å². The Kier molecular flexibility index (Phi) is 5.55. The lowest BCUT2D eigenvalue weighted by atomic mass is 10.1. The van der Waals surface area contributed by atoms with Crippen molar-refractivity contribution in [1.82, 2.24) is 0 Å². The summed E-state index contributed by atoms with van der Waals surface area (Å²) in [5, 5.41) is 10.9. The van der Waals surface area contributed by atoms with E-state index in [0.717, 1.165) is 11.2 Å². The number of rotatable bonds is 5. The highest BCUT2D eigenvalue weighted by Gasteiger charge is 2.31. The summed E-state index contributed by atoms with van der Waals surface area (Å²) in [7, 11) is -2.51. The number of esters is 1. The molecule has 0 bridgehead atoms. The van der Waals surface area contributed by atoms with Gasteiger partial charge in [0.25, 0.3) is 5.88 Å². The number of hydrogen-bond acceptors (Lipinski definition) is 6. The zero-order valence-electron chi connectivity index (χ0n) is 13.5. The van der Waals surface area contributed by atoms with Crippen LogP contribution in [0.15, 0.2) is 22.6 Å². The van der Waals surface area contributed by atoms with Crippen LogP contribution in [0, 0.1) is 0 Å². The van der Waals surface area contributed by atoms with Crippen LogP contribution < -0.4 is 9.04 Å². The Hall–Kier alpha value is -1.90. The number of halogens is 2. The third-order valence-corrected chi connectivity index (χ3v) is 5.59. The molecule has 0 fully saturated rings. The molecule has 0 aliphatic carbocycles. The van der Waals surface area contributed by atoms with E-state index in [1.54, 1.807) is 0 Å². The highest BCUT2D eigenvalue weighted by molar-refractivity contribution is 7.92. The molecule has 0 saturated carbocycles. The quantitative estimate of drug-likeness (QED) is 0.759. The highest BCUT2D eigenvalue weighted by Crippen LogP contribution is 2.49. The fraction of sp³-hybridized carbons (Fsp3) is 0.267. The number of aromatic hydroxyl groups is 1. The lowest BCUT2D eigenvalue weighted by molar-refractivity contribution is -0.132. The first-order chi connectivity index (χ1) is 11.6. The van der Waals surface area contributed by atoms with E-state index in [0.29, 0.717) is 5.02 Å². The van der Waals surface area contributed by atoms with E-state index in [1.807, 2.05) is 0 Å². The van der Waals surface area contributed by atoms with Gasteiger partial charge in [-0.2, -0.15) is 0 Å². The van der Waals surface area contributed by atoms with E-state index in [2.05, 4.69) is 0 Å². The van der Waals surface area contributed by atoms with Gasteiger partial charge in [0, 0.05) is 24.6 Å². The number of anilines is 1. The minimum atomic E-state index is -3.73. The van der Waals surface area contributed by atoms with Crippen molar-refractivity contribution in [2.45, 2.75) is 13.8 Å². The molecule has 0 aliphatic heterocycles. The molecule has 0 aliphatic rings. The van der Waals surface area contributed by atoms with E-state index in [-0.39, 0.29) is 28.0 Å². The molecule has 7 nitrogen and oxygen atoms in total. The van der Waals surface area contributed by atoms with Gasteiger partial charge in [0.15, 0.2) is 5.76 Å². The maximum atomic E-state index is 12.1. The molecule has 2 aromatic rings. The smallest absolute Gasteiger partial charge is 0.308 e. The summed E-state index contributed by atoms with van der Waals surface area (Å²) < 4.78 is 35.4. The normalized spacial score (nSPS) is 11.4. The number of carbonyl (C=O) groups is 1. The Morgan fingerprint density at radius 2 is 2.00 bits per heavy atom. The minimum Gasteiger partial charge on any atom is -0.502 e. The highest BCUT2D eigenvalue weighted by atomic mass is 35.5. The SMILES string of the molecule is CCS(=O)(=O)N(C)c1oc(-c2ccc(Cl)cc2Cl)c(O)c1OC(C)=O. The van der Waals surface area contributed by atoms with Gasteiger partial charge in [-0.15, -0.1) is 0 Å². The Morgan fingerprint density at radius 1 is 1.36 bits per heavy atom. The average Bonchev–Trinajstić information content (AvgIpc) is 2.83. The van der Waals surface area contributed by atoms with Gasteiger partial charge in [0.2, 0.25) is 21.5 Å². The molecule has 1 aromatic carbocycles. The molecule has 1 heterocycles. The predicted molar refractivity (Wildman–Crippen MR) is 95.0 cm³/mol. The second-order valence-corrected chi connectivity index (χ2v) is 8.13. The van der Waals surface area contributed by atoms with Gasteiger partial charge in [-0.1, -0.05) is 23.2 Å². The van der Waals surface area contributed by atoms with Crippen LogP contribution in [0.2, 0.25) is 10.0 Å². The zero-order valence-corrected chi connectivity index (χ0v) is 15.9. The van der Waals surface area contributed by atoms with Crippen LogP contribution in [0.1, 0.15) is 13.8 Å². The first kappa shape index (κ1) is 19.4. The summed E-state index contributed by atoms with van der Waals surface area (Å²) in [6.07, 6.45) is 0. The van der Waals surface area contributed by atoms with Gasteiger partial charge in [-0.05, 0) is 25.1 Å². The molecule has 0 atom stereocenters. The Morgan fingerprint density at radius 3 is 2.52 bits per heavy atom. The molecular weight excluding hydrogens is 393 g/mol. The number of hydrogen-bond donors (Lipinski definition) is 1. The average molecular weight is 408 g/mol. The second-order valence-electron chi connectivity index (χ2n) is 5.00. The van der Waals surface area contributed by atoms with Crippen molar-refractivity contribution >= 4 is 45.1 Å².